The number of carbonyl (C=O) groups excluding carboxylic acids is 2. The third-order valence-corrected chi connectivity index (χ3v) is 4.11. The van der Waals surface area contributed by atoms with E-state index >= 15 is 0 Å². The summed E-state index contributed by atoms with van der Waals surface area (Å²) in [4.78, 5) is 23.9. The van der Waals surface area contributed by atoms with E-state index in [-0.39, 0.29) is 23.4 Å². The molecule has 4 heteroatoms. The van der Waals surface area contributed by atoms with Crippen molar-refractivity contribution in [1.29, 1.82) is 0 Å². The van der Waals surface area contributed by atoms with Gasteiger partial charge in [-0.3, -0.25) is 9.59 Å². The van der Waals surface area contributed by atoms with Gasteiger partial charge in [0.25, 0.3) is 0 Å². The van der Waals surface area contributed by atoms with Gasteiger partial charge in [-0.1, -0.05) is 19.1 Å². The largest absolute Gasteiger partial charge is 0.508 e. The van der Waals surface area contributed by atoms with E-state index < -0.39 is 11.9 Å². The third-order valence-electron chi connectivity index (χ3n) is 4.11. The lowest BCUT2D eigenvalue weighted by Crippen LogP contribution is -2.26. The zero-order chi connectivity index (χ0) is 14.7. The molecule has 0 amide bonds. The molecule has 1 fully saturated rings. The molecular weight excluding hydrogens is 256 g/mol. The van der Waals surface area contributed by atoms with Gasteiger partial charge in [0.05, 0.1) is 7.11 Å². The minimum atomic E-state index is -0.593. The lowest BCUT2D eigenvalue weighted by Gasteiger charge is -2.10. The number of hydrogen-bond acceptors (Lipinski definition) is 4. The van der Waals surface area contributed by atoms with Gasteiger partial charge in [-0.15, -0.1) is 0 Å². The quantitative estimate of drug-likeness (QED) is 0.677. The summed E-state index contributed by atoms with van der Waals surface area (Å²) >= 11 is 0. The Balaban J connectivity index is 1.96. The number of rotatable bonds is 4. The highest BCUT2D eigenvalue weighted by Crippen LogP contribution is 2.36. The van der Waals surface area contributed by atoms with E-state index in [1.165, 1.54) is 7.11 Å². The monoisotopic (exact) mass is 276 g/mol. The molecule has 1 aromatic carbocycles. The predicted molar refractivity (Wildman–Crippen MR) is 74.2 cm³/mol. The molecule has 2 rings (SSSR count). The van der Waals surface area contributed by atoms with Crippen molar-refractivity contribution in [2.24, 2.45) is 17.8 Å². The maximum absolute atomic E-state index is 12.3. The second-order valence-electron chi connectivity index (χ2n) is 5.52. The zero-order valence-corrected chi connectivity index (χ0v) is 11.8. The van der Waals surface area contributed by atoms with Crippen LogP contribution in [0, 0.1) is 17.8 Å². The number of aromatic hydroxyl groups is 1. The Hall–Kier alpha value is -1.84. The molecule has 0 aromatic heterocycles. The van der Waals surface area contributed by atoms with Crippen LogP contribution in [0.5, 0.6) is 5.75 Å². The Kier molecular flexibility index (Phi) is 4.42. The molecule has 1 saturated carbocycles. The second-order valence-corrected chi connectivity index (χ2v) is 5.52. The first kappa shape index (κ1) is 14.6. The highest BCUT2D eigenvalue weighted by Gasteiger charge is 2.44. The van der Waals surface area contributed by atoms with Crippen LogP contribution in [0.4, 0.5) is 0 Å². The Morgan fingerprint density at radius 2 is 2.00 bits per heavy atom. The molecule has 1 aliphatic carbocycles. The molecule has 0 saturated heterocycles. The van der Waals surface area contributed by atoms with E-state index in [4.69, 9.17) is 4.74 Å². The molecule has 1 N–H and O–H groups in total. The van der Waals surface area contributed by atoms with Crippen LogP contribution in [-0.4, -0.2) is 24.0 Å². The van der Waals surface area contributed by atoms with Crippen molar-refractivity contribution in [3.8, 4) is 5.75 Å². The van der Waals surface area contributed by atoms with E-state index in [1.807, 2.05) is 19.1 Å². The third kappa shape index (κ3) is 3.00. The zero-order valence-electron chi connectivity index (χ0n) is 11.8. The summed E-state index contributed by atoms with van der Waals surface area (Å²) in [6.45, 7) is 1.93. The number of hydrogen-bond donors (Lipinski definition) is 1. The average molecular weight is 276 g/mol. The minimum Gasteiger partial charge on any atom is -0.508 e. The van der Waals surface area contributed by atoms with Crippen molar-refractivity contribution in [3.05, 3.63) is 29.8 Å². The summed E-state index contributed by atoms with van der Waals surface area (Å²) in [7, 11) is 1.33. The van der Waals surface area contributed by atoms with Gasteiger partial charge in [-0.2, -0.15) is 0 Å². The average Bonchev–Trinajstić information content (AvgIpc) is 2.72. The molecule has 20 heavy (non-hydrogen) atoms. The van der Waals surface area contributed by atoms with Crippen LogP contribution in [-0.2, 0) is 20.7 Å². The first-order valence-electron chi connectivity index (χ1n) is 6.92. The fraction of sp³-hybridized carbons (Fsp3) is 0.500. The number of esters is 1. The number of Topliss-reactive ketones (excluding diaryl/α,β-unsaturated/α-hetero) is 1. The molecule has 4 nitrogen and oxygen atoms in total. The van der Waals surface area contributed by atoms with E-state index in [1.54, 1.807) is 12.1 Å². The summed E-state index contributed by atoms with van der Waals surface area (Å²) < 4.78 is 4.71. The maximum atomic E-state index is 12.3. The van der Waals surface area contributed by atoms with Crippen molar-refractivity contribution < 1.29 is 19.4 Å². The van der Waals surface area contributed by atoms with Gasteiger partial charge in [-0.05, 0) is 42.9 Å². The van der Waals surface area contributed by atoms with Crippen LogP contribution in [0.2, 0.25) is 0 Å². The van der Waals surface area contributed by atoms with Crippen LogP contribution < -0.4 is 0 Å². The Morgan fingerprint density at radius 1 is 1.35 bits per heavy atom. The number of phenols is 1. The van der Waals surface area contributed by atoms with Gasteiger partial charge in [0.1, 0.15) is 17.5 Å². The second kappa shape index (κ2) is 6.07. The predicted octanol–water partition coefficient (Wildman–Crippen LogP) is 2.34. The molecular formula is C16H20O4. The smallest absolute Gasteiger partial charge is 0.316 e. The summed E-state index contributed by atoms with van der Waals surface area (Å²) in [5.41, 5.74) is 1.09. The number of ketones is 1. The number of carbonyl (C=O) groups is 2. The highest BCUT2D eigenvalue weighted by atomic mass is 16.5. The van der Waals surface area contributed by atoms with Crippen molar-refractivity contribution >= 4 is 11.8 Å². The lowest BCUT2D eigenvalue weighted by atomic mass is 9.95. The number of methoxy groups -OCH3 is 1. The summed E-state index contributed by atoms with van der Waals surface area (Å²) in [5.74, 6) is -0.754. The van der Waals surface area contributed by atoms with E-state index in [0.29, 0.717) is 0 Å². The van der Waals surface area contributed by atoms with Gasteiger partial charge < -0.3 is 9.84 Å². The maximum Gasteiger partial charge on any atom is 0.316 e. The lowest BCUT2D eigenvalue weighted by molar-refractivity contribution is -0.150. The van der Waals surface area contributed by atoms with Gasteiger partial charge in [0.15, 0.2) is 0 Å². The Bertz CT molecular complexity index is 492. The van der Waals surface area contributed by atoms with Crippen LogP contribution in [0.15, 0.2) is 24.3 Å². The summed E-state index contributed by atoms with van der Waals surface area (Å²) in [6, 6.07) is 7.00. The van der Waals surface area contributed by atoms with Gasteiger partial charge in [0.2, 0.25) is 0 Å². The first-order valence-corrected chi connectivity index (χ1v) is 6.92. The molecule has 0 bridgehead atoms. The molecule has 0 radical (unpaired) electrons. The van der Waals surface area contributed by atoms with Gasteiger partial charge in [0, 0.05) is 5.92 Å². The van der Waals surface area contributed by atoms with Crippen LogP contribution >= 0.6 is 0 Å². The Labute approximate surface area is 118 Å². The van der Waals surface area contributed by atoms with Gasteiger partial charge in [-0.25, -0.2) is 0 Å². The van der Waals surface area contributed by atoms with Crippen molar-refractivity contribution in [1.82, 2.24) is 0 Å². The fourth-order valence-electron chi connectivity index (χ4n) is 2.97. The fourth-order valence-corrected chi connectivity index (χ4v) is 2.97. The highest BCUT2D eigenvalue weighted by molar-refractivity contribution is 6.02. The van der Waals surface area contributed by atoms with Crippen molar-refractivity contribution in [2.75, 3.05) is 7.11 Å². The van der Waals surface area contributed by atoms with Crippen molar-refractivity contribution in [2.45, 2.75) is 26.2 Å². The molecule has 0 heterocycles. The Morgan fingerprint density at radius 3 is 2.60 bits per heavy atom. The normalized spacial score (nSPS) is 25.7. The molecule has 1 aliphatic rings. The number of phenolic OH excluding ortho intramolecular Hbond substituents is 1. The topological polar surface area (TPSA) is 63.6 Å². The van der Waals surface area contributed by atoms with E-state index in [0.717, 1.165) is 24.8 Å². The number of ether oxygens (including phenoxy) is 1. The number of aryl methyl sites for hydroxylation is 1. The van der Waals surface area contributed by atoms with Crippen LogP contribution in [0.1, 0.15) is 25.3 Å². The molecule has 108 valence electrons. The van der Waals surface area contributed by atoms with Crippen molar-refractivity contribution in [3.63, 3.8) is 0 Å². The SMILES string of the molecule is COC(=O)[C@H]1C(=O)C(CCc2ccc(O)cc2)C[C@@H]1C. The standard InChI is InChI=1S/C16H20O4/c1-10-9-12(15(18)14(10)16(19)20-2)6-3-11-4-7-13(17)8-5-11/h4-5,7-8,10,12,14,17H,3,6,9H2,1-2H3/t10-,12?,14+/m0/s1. The van der Waals surface area contributed by atoms with E-state index in [2.05, 4.69) is 0 Å². The number of benzene rings is 1. The molecule has 0 aliphatic heterocycles. The first-order chi connectivity index (χ1) is 9.52. The minimum absolute atomic E-state index is 0.0168. The summed E-state index contributed by atoms with van der Waals surface area (Å²) in [6.07, 6.45) is 2.26. The molecule has 0 spiro atoms. The molecule has 1 unspecified atom stereocenters. The van der Waals surface area contributed by atoms with Crippen LogP contribution in [0.25, 0.3) is 0 Å². The van der Waals surface area contributed by atoms with E-state index in [9.17, 15) is 14.7 Å². The summed E-state index contributed by atoms with van der Waals surface area (Å²) in [5, 5.41) is 9.23. The van der Waals surface area contributed by atoms with Crippen LogP contribution in [0.3, 0.4) is 0 Å². The van der Waals surface area contributed by atoms with Gasteiger partial charge >= 0.3 is 5.97 Å². The molecule has 3 atom stereocenters. The molecule has 1 aromatic rings.